The van der Waals surface area contributed by atoms with E-state index >= 15 is 0 Å². The van der Waals surface area contributed by atoms with Crippen molar-refractivity contribution in [3.05, 3.63) is 50.4 Å². The molecule has 0 aliphatic heterocycles. The van der Waals surface area contributed by atoms with Crippen LogP contribution in [0.2, 0.25) is 5.02 Å². The highest BCUT2D eigenvalue weighted by Crippen LogP contribution is 2.23. The number of aromatic nitrogens is 1. The molecule has 0 atom stereocenters. The van der Waals surface area contributed by atoms with Crippen LogP contribution >= 0.6 is 22.9 Å². The van der Waals surface area contributed by atoms with Crippen LogP contribution in [0.3, 0.4) is 0 Å². The fraction of sp³-hybridized carbons (Fsp3) is 0.438. The quantitative estimate of drug-likeness (QED) is 0.764. The lowest BCUT2D eigenvalue weighted by atomic mass is 10.2. The van der Waals surface area contributed by atoms with Crippen LogP contribution in [0.5, 0.6) is 0 Å². The number of nitrogens with zero attached hydrogens (tertiary/aromatic N) is 1. The molecular weight excluding hydrogens is 288 g/mol. The molecule has 1 heterocycles. The van der Waals surface area contributed by atoms with Crippen LogP contribution in [-0.4, -0.2) is 11.5 Å². The van der Waals surface area contributed by atoms with Gasteiger partial charge in [0.15, 0.2) is 0 Å². The predicted molar refractivity (Wildman–Crippen MR) is 87.7 cm³/mol. The molecule has 0 spiro atoms. The lowest BCUT2D eigenvalue weighted by Crippen LogP contribution is -2.13. The molecule has 0 bridgehead atoms. The lowest BCUT2D eigenvalue weighted by Gasteiger charge is -2.01. The standard InChI is InChI=1S/C16H21ClN2S/c1-3-8-18-11-15-14(4-2)19-16(20-15)10-12-6-5-7-13(17)9-12/h5-7,9,18H,3-4,8,10-11H2,1-2H3. The summed E-state index contributed by atoms with van der Waals surface area (Å²) in [5.74, 6) is 0. The van der Waals surface area contributed by atoms with Crippen molar-refractivity contribution in [2.24, 2.45) is 0 Å². The predicted octanol–water partition coefficient (Wildman–Crippen LogP) is 4.45. The highest BCUT2D eigenvalue weighted by Gasteiger charge is 2.10. The summed E-state index contributed by atoms with van der Waals surface area (Å²) in [5.41, 5.74) is 2.46. The molecule has 0 unspecified atom stereocenters. The van der Waals surface area contributed by atoms with Crippen molar-refractivity contribution in [2.45, 2.75) is 39.7 Å². The van der Waals surface area contributed by atoms with Crippen LogP contribution in [0.15, 0.2) is 24.3 Å². The second-order valence-electron chi connectivity index (χ2n) is 4.81. The smallest absolute Gasteiger partial charge is 0.0975 e. The van der Waals surface area contributed by atoms with Crippen LogP contribution in [0.1, 0.15) is 41.4 Å². The molecule has 2 aromatic rings. The van der Waals surface area contributed by atoms with Crippen molar-refractivity contribution in [1.82, 2.24) is 10.3 Å². The molecular formula is C16H21ClN2S. The van der Waals surface area contributed by atoms with Gasteiger partial charge in [-0.15, -0.1) is 11.3 Å². The van der Waals surface area contributed by atoms with E-state index in [-0.39, 0.29) is 0 Å². The molecule has 0 radical (unpaired) electrons. The number of nitrogens with one attached hydrogen (secondary N) is 1. The van der Waals surface area contributed by atoms with Gasteiger partial charge in [-0.2, -0.15) is 0 Å². The highest BCUT2D eigenvalue weighted by atomic mass is 35.5. The van der Waals surface area contributed by atoms with E-state index in [2.05, 4.69) is 25.2 Å². The van der Waals surface area contributed by atoms with Crippen molar-refractivity contribution in [3.63, 3.8) is 0 Å². The Balaban J connectivity index is 2.08. The van der Waals surface area contributed by atoms with Crippen LogP contribution < -0.4 is 5.32 Å². The van der Waals surface area contributed by atoms with E-state index in [4.69, 9.17) is 16.6 Å². The summed E-state index contributed by atoms with van der Waals surface area (Å²) >= 11 is 7.85. The Morgan fingerprint density at radius 3 is 2.85 bits per heavy atom. The van der Waals surface area contributed by atoms with Crippen LogP contribution in [0.4, 0.5) is 0 Å². The maximum Gasteiger partial charge on any atom is 0.0975 e. The van der Waals surface area contributed by atoms with Gasteiger partial charge in [-0.3, -0.25) is 0 Å². The molecule has 0 aliphatic rings. The Bertz CT molecular complexity index is 551. The summed E-state index contributed by atoms with van der Waals surface area (Å²) in [5, 5.41) is 5.43. The van der Waals surface area contributed by atoms with Gasteiger partial charge in [0, 0.05) is 22.9 Å². The number of rotatable bonds is 7. The zero-order valence-electron chi connectivity index (χ0n) is 12.1. The van der Waals surface area contributed by atoms with Crippen molar-refractivity contribution < 1.29 is 0 Å². The third-order valence-electron chi connectivity index (χ3n) is 3.11. The van der Waals surface area contributed by atoms with Gasteiger partial charge in [-0.05, 0) is 37.1 Å². The maximum absolute atomic E-state index is 6.03. The second-order valence-corrected chi connectivity index (χ2v) is 6.42. The first-order valence-corrected chi connectivity index (χ1v) is 8.35. The number of hydrogen-bond donors (Lipinski definition) is 1. The van der Waals surface area contributed by atoms with Crippen molar-refractivity contribution in [1.29, 1.82) is 0 Å². The monoisotopic (exact) mass is 308 g/mol. The van der Waals surface area contributed by atoms with Gasteiger partial charge in [0.2, 0.25) is 0 Å². The Morgan fingerprint density at radius 1 is 1.30 bits per heavy atom. The van der Waals surface area contributed by atoms with E-state index in [1.165, 1.54) is 21.1 Å². The first-order valence-electron chi connectivity index (χ1n) is 7.15. The lowest BCUT2D eigenvalue weighted by molar-refractivity contribution is 0.676. The highest BCUT2D eigenvalue weighted by molar-refractivity contribution is 7.11. The summed E-state index contributed by atoms with van der Waals surface area (Å²) in [7, 11) is 0. The molecule has 1 N–H and O–H groups in total. The van der Waals surface area contributed by atoms with E-state index in [0.29, 0.717) is 0 Å². The van der Waals surface area contributed by atoms with Crippen molar-refractivity contribution in [3.8, 4) is 0 Å². The van der Waals surface area contributed by atoms with E-state index in [9.17, 15) is 0 Å². The van der Waals surface area contributed by atoms with E-state index < -0.39 is 0 Å². The summed E-state index contributed by atoms with van der Waals surface area (Å²) < 4.78 is 0. The van der Waals surface area contributed by atoms with Crippen molar-refractivity contribution >= 4 is 22.9 Å². The third kappa shape index (κ3) is 4.30. The van der Waals surface area contributed by atoms with Crippen LogP contribution in [-0.2, 0) is 19.4 Å². The van der Waals surface area contributed by atoms with Gasteiger partial charge in [-0.25, -0.2) is 4.98 Å². The number of hydrogen-bond acceptors (Lipinski definition) is 3. The van der Waals surface area contributed by atoms with Gasteiger partial charge >= 0.3 is 0 Å². The number of benzene rings is 1. The molecule has 1 aromatic heterocycles. The number of halogens is 1. The summed E-state index contributed by atoms with van der Waals surface area (Å²) in [6, 6.07) is 8.03. The van der Waals surface area contributed by atoms with E-state index in [1.807, 2.05) is 29.5 Å². The average molecular weight is 309 g/mol. The Hall–Kier alpha value is -0.900. The minimum absolute atomic E-state index is 0.791. The van der Waals surface area contributed by atoms with E-state index in [0.717, 1.165) is 37.4 Å². The molecule has 2 rings (SSSR count). The Labute approximate surface area is 130 Å². The molecule has 108 valence electrons. The van der Waals surface area contributed by atoms with Crippen molar-refractivity contribution in [2.75, 3.05) is 6.54 Å². The SMILES string of the molecule is CCCNCc1sc(Cc2cccc(Cl)c2)nc1CC. The minimum Gasteiger partial charge on any atom is -0.312 e. The molecule has 0 saturated heterocycles. The largest absolute Gasteiger partial charge is 0.312 e. The fourth-order valence-electron chi connectivity index (χ4n) is 2.13. The van der Waals surface area contributed by atoms with Crippen LogP contribution in [0, 0.1) is 0 Å². The van der Waals surface area contributed by atoms with Gasteiger partial charge in [0.05, 0.1) is 10.7 Å². The Kier molecular flexibility index (Phi) is 6.02. The molecule has 4 heteroatoms. The summed E-state index contributed by atoms with van der Waals surface area (Å²) in [6.45, 7) is 6.35. The molecule has 1 aromatic carbocycles. The van der Waals surface area contributed by atoms with E-state index in [1.54, 1.807) is 0 Å². The molecule has 0 amide bonds. The number of thiazole rings is 1. The van der Waals surface area contributed by atoms with Gasteiger partial charge < -0.3 is 5.32 Å². The summed E-state index contributed by atoms with van der Waals surface area (Å²) in [6.07, 6.45) is 3.02. The Morgan fingerprint density at radius 2 is 2.15 bits per heavy atom. The molecule has 0 aliphatic carbocycles. The van der Waals surface area contributed by atoms with Gasteiger partial charge in [0.1, 0.15) is 0 Å². The van der Waals surface area contributed by atoms with Crippen LogP contribution in [0.25, 0.3) is 0 Å². The van der Waals surface area contributed by atoms with Gasteiger partial charge in [-0.1, -0.05) is 37.6 Å². The first kappa shape index (κ1) is 15.5. The normalized spacial score (nSPS) is 10.9. The third-order valence-corrected chi connectivity index (χ3v) is 4.45. The average Bonchev–Trinajstić information content (AvgIpc) is 2.81. The first-order chi connectivity index (χ1) is 9.72. The van der Waals surface area contributed by atoms with Gasteiger partial charge in [0.25, 0.3) is 0 Å². The second kappa shape index (κ2) is 7.77. The molecule has 0 saturated carbocycles. The molecule has 0 fully saturated rings. The number of aryl methyl sites for hydroxylation is 1. The fourth-order valence-corrected chi connectivity index (χ4v) is 3.50. The zero-order valence-corrected chi connectivity index (χ0v) is 13.7. The minimum atomic E-state index is 0.791. The zero-order chi connectivity index (χ0) is 14.4. The summed E-state index contributed by atoms with van der Waals surface area (Å²) in [4.78, 5) is 6.14. The molecule has 2 nitrogen and oxygen atoms in total. The maximum atomic E-state index is 6.03. The topological polar surface area (TPSA) is 24.9 Å². The molecule has 20 heavy (non-hydrogen) atoms.